The number of hydrogen-bond acceptors (Lipinski definition) is 3. The van der Waals surface area contributed by atoms with Crippen LogP contribution in [0.4, 0.5) is 0 Å². The molecule has 0 radical (unpaired) electrons. The molecule has 2 heterocycles. The Labute approximate surface area is 114 Å². The second kappa shape index (κ2) is 5.49. The van der Waals surface area contributed by atoms with E-state index in [1.165, 1.54) is 0 Å². The molecule has 5 nitrogen and oxygen atoms in total. The Bertz CT molecular complexity index is 372. The SMILES string of the molecule is CCC1(C(=O)O)CCCN1C(=O)C1CC(C)CCN1. The highest BCUT2D eigenvalue weighted by atomic mass is 16.4. The molecular formula is C14H24N2O3. The number of hydrogen-bond donors (Lipinski definition) is 2. The van der Waals surface area contributed by atoms with Gasteiger partial charge in [0.05, 0.1) is 6.04 Å². The lowest BCUT2D eigenvalue weighted by Crippen LogP contribution is -2.58. The van der Waals surface area contributed by atoms with E-state index in [4.69, 9.17) is 0 Å². The van der Waals surface area contributed by atoms with Crippen LogP contribution in [0.5, 0.6) is 0 Å². The molecule has 0 aromatic rings. The molecule has 19 heavy (non-hydrogen) atoms. The number of piperidine rings is 1. The van der Waals surface area contributed by atoms with Crippen LogP contribution in [-0.2, 0) is 9.59 Å². The lowest BCUT2D eigenvalue weighted by atomic mass is 9.90. The minimum atomic E-state index is -0.973. The fourth-order valence-electron chi connectivity index (χ4n) is 3.42. The van der Waals surface area contributed by atoms with Crippen LogP contribution in [0.1, 0.15) is 46.0 Å². The Balaban J connectivity index is 2.15. The summed E-state index contributed by atoms with van der Waals surface area (Å²) in [5, 5.41) is 12.8. The normalized spacial score (nSPS) is 35.4. The highest BCUT2D eigenvalue weighted by molar-refractivity contribution is 5.90. The average molecular weight is 268 g/mol. The van der Waals surface area contributed by atoms with Crippen molar-refractivity contribution in [3.8, 4) is 0 Å². The molecule has 2 aliphatic rings. The third-order valence-corrected chi connectivity index (χ3v) is 4.70. The number of nitrogens with zero attached hydrogens (tertiary/aromatic N) is 1. The quantitative estimate of drug-likeness (QED) is 0.807. The third kappa shape index (κ3) is 2.48. The number of aliphatic carboxylic acids is 1. The van der Waals surface area contributed by atoms with E-state index < -0.39 is 11.5 Å². The summed E-state index contributed by atoms with van der Waals surface area (Å²) in [6, 6.07) is -0.202. The van der Waals surface area contributed by atoms with Crippen molar-refractivity contribution in [2.45, 2.75) is 57.5 Å². The summed E-state index contributed by atoms with van der Waals surface area (Å²) in [6.45, 7) is 5.43. The second-order valence-corrected chi connectivity index (χ2v) is 5.92. The summed E-state index contributed by atoms with van der Waals surface area (Å²) in [7, 11) is 0. The lowest BCUT2D eigenvalue weighted by molar-refractivity contribution is -0.158. The van der Waals surface area contributed by atoms with Crippen LogP contribution in [0, 0.1) is 5.92 Å². The maximum Gasteiger partial charge on any atom is 0.329 e. The van der Waals surface area contributed by atoms with Crippen molar-refractivity contribution in [3.63, 3.8) is 0 Å². The summed E-state index contributed by atoms with van der Waals surface area (Å²) >= 11 is 0. The zero-order chi connectivity index (χ0) is 14.0. The second-order valence-electron chi connectivity index (χ2n) is 5.92. The fraction of sp³-hybridized carbons (Fsp3) is 0.857. The average Bonchev–Trinajstić information content (AvgIpc) is 2.82. The summed E-state index contributed by atoms with van der Waals surface area (Å²) in [5.74, 6) is -0.350. The Kier molecular flexibility index (Phi) is 4.13. The lowest BCUT2D eigenvalue weighted by Gasteiger charge is -2.38. The van der Waals surface area contributed by atoms with Gasteiger partial charge in [0.2, 0.25) is 5.91 Å². The van der Waals surface area contributed by atoms with E-state index in [0.717, 1.165) is 25.8 Å². The van der Waals surface area contributed by atoms with Crippen LogP contribution in [0.15, 0.2) is 0 Å². The van der Waals surface area contributed by atoms with E-state index >= 15 is 0 Å². The van der Waals surface area contributed by atoms with Gasteiger partial charge in [0.1, 0.15) is 5.54 Å². The summed E-state index contributed by atoms with van der Waals surface area (Å²) in [6.07, 6.45) is 3.74. The number of carboxylic acids is 1. The molecule has 0 bridgehead atoms. The number of carboxylic acid groups (broad SMARTS) is 1. The van der Waals surface area contributed by atoms with Crippen LogP contribution in [0.2, 0.25) is 0 Å². The van der Waals surface area contributed by atoms with Gasteiger partial charge in [-0.15, -0.1) is 0 Å². The number of rotatable bonds is 3. The van der Waals surface area contributed by atoms with Crippen molar-refractivity contribution in [3.05, 3.63) is 0 Å². The van der Waals surface area contributed by atoms with Gasteiger partial charge in [-0.2, -0.15) is 0 Å². The Morgan fingerprint density at radius 1 is 1.47 bits per heavy atom. The summed E-state index contributed by atoms with van der Waals surface area (Å²) < 4.78 is 0. The molecular weight excluding hydrogens is 244 g/mol. The molecule has 5 heteroatoms. The van der Waals surface area contributed by atoms with E-state index in [2.05, 4.69) is 12.2 Å². The number of carbonyl (C=O) groups is 2. The largest absolute Gasteiger partial charge is 0.479 e. The first-order valence-electron chi connectivity index (χ1n) is 7.29. The molecule has 0 aromatic heterocycles. The van der Waals surface area contributed by atoms with E-state index in [0.29, 0.717) is 25.3 Å². The van der Waals surface area contributed by atoms with Gasteiger partial charge in [0.25, 0.3) is 0 Å². The van der Waals surface area contributed by atoms with Crippen LogP contribution >= 0.6 is 0 Å². The standard InChI is InChI=1S/C14H24N2O3/c1-3-14(13(18)19)6-4-8-16(14)12(17)11-9-10(2)5-7-15-11/h10-11,15H,3-9H2,1-2H3,(H,18,19). The first-order valence-corrected chi connectivity index (χ1v) is 7.29. The molecule has 2 rings (SSSR count). The Morgan fingerprint density at radius 2 is 2.21 bits per heavy atom. The van der Waals surface area contributed by atoms with E-state index in [-0.39, 0.29) is 11.9 Å². The number of likely N-dealkylation sites (tertiary alicyclic amines) is 1. The number of nitrogens with one attached hydrogen (secondary N) is 1. The smallest absolute Gasteiger partial charge is 0.329 e. The molecule has 0 aliphatic carbocycles. The molecule has 2 fully saturated rings. The van der Waals surface area contributed by atoms with E-state index in [1.807, 2.05) is 6.92 Å². The van der Waals surface area contributed by atoms with Crippen LogP contribution in [-0.4, -0.2) is 46.6 Å². The van der Waals surface area contributed by atoms with Gasteiger partial charge in [-0.3, -0.25) is 4.79 Å². The third-order valence-electron chi connectivity index (χ3n) is 4.70. The molecule has 2 aliphatic heterocycles. The first kappa shape index (κ1) is 14.3. The number of carbonyl (C=O) groups excluding carboxylic acids is 1. The van der Waals surface area contributed by atoms with Crippen molar-refractivity contribution in [1.29, 1.82) is 0 Å². The zero-order valence-electron chi connectivity index (χ0n) is 11.8. The molecule has 1 amide bonds. The van der Waals surface area contributed by atoms with Gasteiger partial charge in [-0.25, -0.2) is 4.79 Å². The molecule has 108 valence electrons. The van der Waals surface area contributed by atoms with Crippen molar-refractivity contribution in [2.75, 3.05) is 13.1 Å². The van der Waals surface area contributed by atoms with Crippen molar-refractivity contribution >= 4 is 11.9 Å². The molecule has 2 N–H and O–H groups in total. The monoisotopic (exact) mass is 268 g/mol. The molecule has 0 saturated carbocycles. The summed E-state index contributed by atoms with van der Waals surface area (Å²) in [5.41, 5.74) is -0.973. The van der Waals surface area contributed by atoms with Crippen molar-refractivity contribution in [2.24, 2.45) is 5.92 Å². The molecule has 3 unspecified atom stereocenters. The molecule has 3 atom stereocenters. The van der Waals surface area contributed by atoms with Gasteiger partial charge in [-0.05, 0) is 44.6 Å². The van der Waals surface area contributed by atoms with Crippen LogP contribution in [0.25, 0.3) is 0 Å². The van der Waals surface area contributed by atoms with Crippen molar-refractivity contribution < 1.29 is 14.7 Å². The maximum atomic E-state index is 12.6. The molecule has 2 saturated heterocycles. The van der Waals surface area contributed by atoms with Gasteiger partial charge in [-0.1, -0.05) is 13.8 Å². The van der Waals surface area contributed by atoms with Gasteiger partial charge >= 0.3 is 5.97 Å². The first-order chi connectivity index (χ1) is 9.01. The fourth-order valence-corrected chi connectivity index (χ4v) is 3.42. The molecule has 0 aromatic carbocycles. The minimum absolute atomic E-state index is 0.0201. The van der Waals surface area contributed by atoms with Crippen LogP contribution < -0.4 is 5.32 Å². The highest BCUT2D eigenvalue weighted by Crippen LogP contribution is 2.34. The number of amides is 1. The highest BCUT2D eigenvalue weighted by Gasteiger charge is 2.49. The maximum absolute atomic E-state index is 12.6. The van der Waals surface area contributed by atoms with Gasteiger partial charge in [0, 0.05) is 6.54 Å². The molecule has 0 spiro atoms. The predicted molar refractivity (Wildman–Crippen MR) is 71.8 cm³/mol. The Morgan fingerprint density at radius 3 is 2.79 bits per heavy atom. The van der Waals surface area contributed by atoms with Crippen molar-refractivity contribution in [1.82, 2.24) is 10.2 Å². The predicted octanol–water partition coefficient (Wildman–Crippen LogP) is 1.23. The van der Waals surface area contributed by atoms with E-state index in [1.54, 1.807) is 4.90 Å². The summed E-state index contributed by atoms with van der Waals surface area (Å²) in [4.78, 5) is 25.8. The van der Waals surface area contributed by atoms with Gasteiger partial charge < -0.3 is 15.3 Å². The minimum Gasteiger partial charge on any atom is -0.479 e. The Hall–Kier alpha value is -1.10. The zero-order valence-corrected chi connectivity index (χ0v) is 11.8. The van der Waals surface area contributed by atoms with Crippen LogP contribution in [0.3, 0.4) is 0 Å². The topological polar surface area (TPSA) is 69.6 Å². The van der Waals surface area contributed by atoms with E-state index in [9.17, 15) is 14.7 Å². The van der Waals surface area contributed by atoms with Gasteiger partial charge in [0.15, 0.2) is 0 Å².